The van der Waals surface area contributed by atoms with Crippen molar-refractivity contribution in [1.82, 2.24) is 9.62 Å². The zero-order chi connectivity index (χ0) is 16.9. The van der Waals surface area contributed by atoms with Gasteiger partial charge in [-0.3, -0.25) is 9.69 Å². The lowest BCUT2D eigenvalue weighted by atomic mass is 10.1. The average molecular weight is 332 g/mol. The standard InChI is InChI=1S/C17H20N2O3S/c1-3-19(2)16(14-10-6-4-7-11-14)17(20)18-23(21,22)15-12-8-5-9-13-15/h4-13,16H,3H2,1-2H3,(H,18,20)/t16-/m1/s1. The lowest BCUT2D eigenvalue weighted by Crippen LogP contribution is -2.41. The van der Waals surface area contributed by atoms with Crippen molar-refractivity contribution in [1.29, 1.82) is 0 Å². The third kappa shape index (κ3) is 4.18. The summed E-state index contributed by atoms with van der Waals surface area (Å²) in [5.74, 6) is -0.565. The number of sulfonamides is 1. The van der Waals surface area contributed by atoms with Crippen molar-refractivity contribution in [3.63, 3.8) is 0 Å². The Morgan fingerprint density at radius 3 is 2.09 bits per heavy atom. The van der Waals surface area contributed by atoms with E-state index in [4.69, 9.17) is 0 Å². The third-order valence-electron chi connectivity index (χ3n) is 3.59. The van der Waals surface area contributed by atoms with E-state index in [9.17, 15) is 13.2 Å². The Morgan fingerprint density at radius 1 is 1.04 bits per heavy atom. The normalized spacial score (nSPS) is 12.8. The van der Waals surface area contributed by atoms with Crippen molar-refractivity contribution in [2.24, 2.45) is 0 Å². The van der Waals surface area contributed by atoms with Gasteiger partial charge in [0.1, 0.15) is 6.04 Å². The third-order valence-corrected chi connectivity index (χ3v) is 4.95. The molecule has 122 valence electrons. The van der Waals surface area contributed by atoms with E-state index < -0.39 is 22.0 Å². The summed E-state index contributed by atoms with van der Waals surface area (Å²) in [5.41, 5.74) is 0.748. The number of nitrogens with one attached hydrogen (secondary N) is 1. The molecule has 0 heterocycles. The zero-order valence-electron chi connectivity index (χ0n) is 13.1. The Kier molecular flexibility index (Phi) is 5.52. The molecule has 23 heavy (non-hydrogen) atoms. The van der Waals surface area contributed by atoms with Gasteiger partial charge in [-0.1, -0.05) is 55.5 Å². The molecule has 1 amide bonds. The van der Waals surface area contributed by atoms with E-state index in [0.717, 1.165) is 5.56 Å². The molecule has 0 spiro atoms. The van der Waals surface area contributed by atoms with E-state index in [-0.39, 0.29) is 4.90 Å². The molecule has 0 aromatic heterocycles. The second kappa shape index (κ2) is 7.39. The molecule has 2 rings (SSSR count). The van der Waals surface area contributed by atoms with Crippen LogP contribution < -0.4 is 4.72 Å². The van der Waals surface area contributed by atoms with Crippen molar-refractivity contribution in [2.45, 2.75) is 17.9 Å². The van der Waals surface area contributed by atoms with Crippen LogP contribution in [0.3, 0.4) is 0 Å². The second-order valence-corrected chi connectivity index (χ2v) is 6.85. The first-order chi connectivity index (χ1) is 11.0. The van der Waals surface area contributed by atoms with Crippen LogP contribution in [0.4, 0.5) is 0 Å². The van der Waals surface area contributed by atoms with Crippen LogP contribution in [0, 0.1) is 0 Å². The van der Waals surface area contributed by atoms with Crippen molar-refractivity contribution in [3.8, 4) is 0 Å². The first kappa shape index (κ1) is 17.2. The maximum absolute atomic E-state index is 12.6. The van der Waals surface area contributed by atoms with Crippen LogP contribution >= 0.6 is 0 Å². The van der Waals surface area contributed by atoms with Gasteiger partial charge in [-0.2, -0.15) is 0 Å². The van der Waals surface area contributed by atoms with Crippen molar-refractivity contribution >= 4 is 15.9 Å². The summed E-state index contributed by atoms with van der Waals surface area (Å²) < 4.78 is 26.9. The van der Waals surface area contributed by atoms with E-state index in [1.807, 2.05) is 37.3 Å². The van der Waals surface area contributed by atoms with Crippen LogP contribution in [-0.2, 0) is 14.8 Å². The van der Waals surface area contributed by atoms with Crippen molar-refractivity contribution in [3.05, 3.63) is 66.2 Å². The Hall–Kier alpha value is -2.18. The highest BCUT2D eigenvalue weighted by atomic mass is 32.2. The molecule has 0 fully saturated rings. The number of carbonyl (C=O) groups is 1. The minimum absolute atomic E-state index is 0.0688. The molecule has 2 aromatic carbocycles. The van der Waals surface area contributed by atoms with Gasteiger partial charge in [0.2, 0.25) is 0 Å². The molecule has 0 bridgehead atoms. The van der Waals surface area contributed by atoms with Gasteiger partial charge < -0.3 is 0 Å². The summed E-state index contributed by atoms with van der Waals surface area (Å²) in [4.78, 5) is 14.5. The van der Waals surface area contributed by atoms with Crippen LogP contribution in [0.5, 0.6) is 0 Å². The molecule has 1 atom stereocenters. The highest BCUT2D eigenvalue weighted by Gasteiger charge is 2.28. The molecule has 0 radical (unpaired) electrons. The number of rotatable bonds is 6. The fourth-order valence-corrected chi connectivity index (χ4v) is 3.28. The number of likely N-dealkylation sites (N-methyl/N-ethyl adjacent to an activating group) is 1. The largest absolute Gasteiger partial charge is 0.292 e. The first-order valence-corrected chi connectivity index (χ1v) is 8.81. The van der Waals surface area contributed by atoms with E-state index in [1.54, 1.807) is 30.1 Å². The molecule has 0 unspecified atom stereocenters. The Balaban J connectivity index is 2.29. The number of hydrogen-bond acceptors (Lipinski definition) is 4. The Bertz CT molecular complexity index is 746. The monoisotopic (exact) mass is 332 g/mol. The van der Waals surface area contributed by atoms with E-state index >= 15 is 0 Å². The summed E-state index contributed by atoms with van der Waals surface area (Å²) in [7, 11) is -2.10. The smallest absolute Gasteiger partial charge is 0.264 e. The average Bonchev–Trinajstić information content (AvgIpc) is 2.56. The fraction of sp³-hybridized carbons (Fsp3) is 0.235. The van der Waals surface area contributed by atoms with Crippen LogP contribution in [0.2, 0.25) is 0 Å². The van der Waals surface area contributed by atoms with Gasteiger partial charge in [-0.25, -0.2) is 13.1 Å². The minimum atomic E-state index is -3.88. The highest BCUT2D eigenvalue weighted by molar-refractivity contribution is 7.90. The summed E-state index contributed by atoms with van der Waals surface area (Å²) in [6.07, 6.45) is 0. The Morgan fingerprint density at radius 2 is 1.57 bits per heavy atom. The first-order valence-electron chi connectivity index (χ1n) is 7.32. The van der Waals surface area contributed by atoms with Gasteiger partial charge in [0.05, 0.1) is 4.90 Å². The maximum Gasteiger partial charge on any atom is 0.264 e. The highest BCUT2D eigenvalue weighted by Crippen LogP contribution is 2.20. The van der Waals surface area contributed by atoms with Crippen LogP contribution in [0.15, 0.2) is 65.6 Å². The topological polar surface area (TPSA) is 66.5 Å². The molecule has 6 heteroatoms. The summed E-state index contributed by atoms with van der Waals surface area (Å²) >= 11 is 0. The predicted molar refractivity (Wildman–Crippen MR) is 89.3 cm³/mol. The number of benzene rings is 2. The number of carbonyl (C=O) groups excluding carboxylic acids is 1. The molecule has 0 aliphatic rings. The number of nitrogens with zero attached hydrogens (tertiary/aromatic N) is 1. The molecule has 0 aliphatic carbocycles. The summed E-state index contributed by atoms with van der Waals surface area (Å²) in [6.45, 7) is 2.52. The fourth-order valence-electron chi connectivity index (χ4n) is 2.27. The second-order valence-electron chi connectivity index (χ2n) is 5.17. The summed E-state index contributed by atoms with van der Waals surface area (Å²) in [5, 5.41) is 0. The van der Waals surface area contributed by atoms with E-state index in [0.29, 0.717) is 6.54 Å². The SMILES string of the molecule is CCN(C)[C@@H](C(=O)NS(=O)(=O)c1ccccc1)c1ccccc1. The van der Waals surface area contributed by atoms with Gasteiger partial charge >= 0.3 is 0 Å². The molecule has 5 nitrogen and oxygen atoms in total. The molecular weight excluding hydrogens is 312 g/mol. The van der Waals surface area contributed by atoms with Crippen LogP contribution in [0.1, 0.15) is 18.5 Å². The predicted octanol–water partition coefficient (Wildman–Crippen LogP) is 2.18. The summed E-state index contributed by atoms with van der Waals surface area (Å²) in [6, 6.07) is 16.3. The molecule has 0 saturated carbocycles. The lowest BCUT2D eigenvalue weighted by Gasteiger charge is -2.26. The number of hydrogen-bond donors (Lipinski definition) is 1. The van der Waals surface area contributed by atoms with Gasteiger partial charge in [-0.15, -0.1) is 0 Å². The Labute approximate surface area is 137 Å². The van der Waals surface area contributed by atoms with Gasteiger partial charge in [0.15, 0.2) is 0 Å². The van der Waals surface area contributed by atoms with Crippen LogP contribution in [-0.4, -0.2) is 32.8 Å². The zero-order valence-corrected chi connectivity index (χ0v) is 14.0. The number of amides is 1. The molecule has 0 saturated heterocycles. The molecule has 0 aliphatic heterocycles. The molecule has 2 aromatic rings. The van der Waals surface area contributed by atoms with E-state index in [1.165, 1.54) is 12.1 Å². The van der Waals surface area contributed by atoms with Gasteiger partial charge in [0.25, 0.3) is 15.9 Å². The van der Waals surface area contributed by atoms with E-state index in [2.05, 4.69) is 4.72 Å². The van der Waals surface area contributed by atoms with Gasteiger partial charge in [-0.05, 0) is 31.3 Å². The van der Waals surface area contributed by atoms with Crippen LogP contribution in [0.25, 0.3) is 0 Å². The lowest BCUT2D eigenvalue weighted by molar-refractivity contribution is -0.124. The quantitative estimate of drug-likeness (QED) is 0.880. The van der Waals surface area contributed by atoms with Crippen molar-refractivity contribution < 1.29 is 13.2 Å². The maximum atomic E-state index is 12.6. The molecule has 1 N–H and O–H groups in total. The minimum Gasteiger partial charge on any atom is -0.292 e. The van der Waals surface area contributed by atoms with Crippen molar-refractivity contribution in [2.75, 3.05) is 13.6 Å². The molecular formula is C17H20N2O3S. The van der Waals surface area contributed by atoms with Gasteiger partial charge in [0, 0.05) is 0 Å².